The molecule has 1 rings (SSSR count). The molecule has 0 aliphatic carbocycles. The molecule has 5 heteroatoms. The van der Waals surface area contributed by atoms with Crippen LogP contribution in [0.1, 0.15) is 13.3 Å². The Kier molecular flexibility index (Phi) is 6.18. The molecule has 1 aliphatic heterocycles. The van der Waals surface area contributed by atoms with E-state index in [0.29, 0.717) is 18.5 Å². The number of nitrogens with zero attached hydrogens (tertiary/aromatic N) is 2. The van der Waals surface area contributed by atoms with Crippen LogP contribution in [-0.4, -0.2) is 57.3 Å². The highest BCUT2D eigenvalue weighted by Crippen LogP contribution is 2.15. The van der Waals surface area contributed by atoms with Gasteiger partial charge in [-0.15, -0.1) is 0 Å². The third kappa shape index (κ3) is 4.81. The SMILES string of the molecule is CCN1CCC(CN=C(N)NCCOC)C1. The minimum atomic E-state index is 0.534. The number of ether oxygens (including phenoxy) is 1. The lowest BCUT2D eigenvalue weighted by Crippen LogP contribution is -2.34. The normalized spacial score (nSPS) is 22.6. The van der Waals surface area contributed by atoms with Gasteiger partial charge in [0.1, 0.15) is 0 Å². The average Bonchev–Trinajstić information content (AvgIpc) is 2.74. The van der Waals surface area contributed by atoms with Gasteiger partial charge in [-0.2, -0.15) is 0 Å². The second kappa shape index (κ2) is 7.46. The summed E-state index contributed by atoms with van der Waals surface area (Å²) < 4.78 is 4.92. The smallest absolute Gasteiger partial charge is 0.188 e. The summed E-state index contributed by atoms with van der Waals surface area (Å²) in [5, 5.41) is 3.02. The summed E-state index contributed by atoms with van der Waals surface area (Å²) in [5.74, 6) is 1.20. The van der Waals surface area contributed by atoms with E-state index in [1.807, 2.05) is 0 Å². The zero-order valence-electron chi connectivity index (χ0n) is 10.4. The second-order valence-corrected chi connectivity index (χ2v) is 4.19. The summed E-state index contributed by atoms with van der Waals surface area (Å²) in [6, 6.07) is 0. The molecule has 1 aliphatic rings. The molecule has 1 saturated heterocycles. The maximum absolute atomic E-state index is 5.73. The molecule has 5 nitrogen and oxygen atoms in total. The van der Waals surface area contributed by atoms with Gasteiger partial charge in [0.25, 0.3) is 0 Å². The summed E-state index contributed by atoms with van der Waals surface area (Å²) >= 11 is 0. The minimum Gasteiger partial charge on any atom is -0.383 e. The van der Waals surface area contributed by atoms with Crippen LogP contribution in [0.2, 0.25) is 0 Å². The van der Waals surface area contributed by atoms with E-state index in [2.05, 4.69) is 22.1 Å². The highest BCUT2D eigenvalue weighted by Gasteiger charge is 2.20. The lowest BCUT2D eigenvalue weighted by molar-refractivity contribution is 0.204. The molecule has 1 heterocycles. The number of methoxy groups -OCH3 is 1. The first-order valence-electron chi connectivity index (χ1n) is 6.01. The van der Waals surface area contributed by atoms with E-state index in [0.717, 1.165) is 26.2 Å². The minimum absolute atomic E-state index is 0.534. The standard InChI is InChI=1S/C11H24N4O/c1-3-15-6-4-10(9-15)8-14-11(12)13-5-7-16-2/h10H,3-9H2,1-2H3,(H3,12,13,14). The Morgan fingerprint density at radius 2 is 2.44 bits per heavy atom. The quantitative estimate of drug-likeness (QED) is 0.378. The van der Waals surface area contributed by atoms with E-state index in [9.17, 15) is 0 Å². The molecular weight excluding hydrogens is 204 g/mol. The van der Waals surface area contributed by atoms with Gasteiger partial charge < -0.3 is 20.7 Å². The van der Waals surface area contributed by atoms with Gasteiger partial charge in [-0.25, -0.2) is 0 Å². The van der Waals surface area contributed by atoms with Crippen LogP contribution >= 0.6 is 0 Å². The summed E-state index contributed by atoms with van der Waals surface area (Å²) in [6.07, 6.45) is 1.24. The van der Waals surface area contributed by atoms with E-state index in [1.54, 1.807) is 7.11 Å². The van der Waals surface area contributed by atoms with Crippen molar-refractivity contribution in [1.82, 2.24) is 10.2 Å². The molecule has 94 valence electrons. The van der Waals surface area contributed by atoms with Crippen LogP contribution in [0, 0.1) is 5.92 Å². The van der Waals surface area contributed by atoms with E-state index < -0.39 is 0 Å². The largest absolute Gasteiger partial charge is 0.383 e. The topological polar surface area (TPSA) is 62.9 Å². The Balaban J connectivity index is 2.15. The predicted molar refractivity (Wildman–Crippen MR) is 66.6 cm³/mol. The first-order valence-corrected chi connectivity index (χ1v) is 6.01. The zero-order chi connectivity index (χ0) is 11.8. The van der Waals surface area contributed by atoms with Gasteiger partial charge in [-0.1, -0.05) is 6.92 Å². The Labute approximate surface area is 98.0 Å². The van der Waals surface area contributed by atoms with Crippen molar-refractivity contribution in [2.24, 2.45) is 16.6 Å². The van der Waals surface area contributed by atoms with Crippen molar-refractivity contribution in [2.45, 2.75) is 13.3 Å². The Hall–Kier alpha value is -0.810. The average molecular weight is 228 g/mol. The van der Waals surface area contributed by atoms with E-state index in [4.69, 9.17) is 10.5 Å². The number of guanidine groups is 1. The van der Waals surface area contributed by atoms with Crippen LogP contribution in [0.25, 0.3) is 0 Å². The van der Waals surface area contributed by atoms with Crippen molar-refractivity contribution in [2.75, 3.05) is 46.4 Å². The van der Waals surface area contributed by atoms with Crippen molar-refractivity contribution >= 4 is 5.96 Å². The monoisotopic (exact) mass is 228 g/mol. The molecule has 0 radical (unpaired) electrons. The number of aliphatic imine (C=N–C) groups is 1. The zero-order valence-corrected chi connectivity index (χ0v) is 10.4. The maximum Gasteiger partial charge on any atom is 0.188 e. The van der Waals surface area contributed by atoms with Crippen LogP contribution in [0.5, 0.6) is 0 Å². The molecule has 1 unspecified atom stereocenters. The van der Waals surface area contributed by atoms with Crippen LogP contribution in [0.15, 0.2) is 4.99 Å². The van der Waals surface area contributed by atoms with Crippen molar-refractivity contribution in [3.63, 3.8) is 0 Å². The molecule has 0 aromatic carbocycles. The molecule has 0 aromatic heterocycles. The van der Waals surface area contributed by atoms with Crippen molar-refractivity contribution < 1.29 is 4.74 Å². The molecule has 16 heavy (non-hydrogen) atoms. The maximum atomic E-state index is 5.73. The summed E-state index contributed by atoms with van der Waals surface area (Å²) in [6.45, 7) is 7.91. The Morgan fingerprint density at radius 3 is 3.06 bits per heavy atom. The van der Waals surface area contributed by atoms with E-state index >= 15 is 0 Å². The van der Waals surface area contributed by atoms with Crippen LogP contribution in [0.3, 0.4) is 0 Å². The number of rotatable bonds is 6. The number of hydrogen-bond donors (Lipinski definition) is 2. The van der Waals surface area contributed by atoms with Crippen molar-refractivity contribution in [1.29, 1.82) is 0 Å². The number of nitrogens with one attached hydrogen (secondary N) is 1. The molecule has 0 amide bonds. The third-order valence-corrected chi connectivity index (χ3v) is 2.95. The highest BCUT2D eigenvalue weighted by molar-refractivity contribution is 5.77. The molecule has 0 saturated carbocycles. The molecular formula is C11H24N4O. The van der Waals surface area contributed by atoms with Gasteiger partial charge in [0, 0.05) is 26.7 Å². The molecule has 0 spiro atoms. The first-order chi connectivity index (χ1) is 7.76. The fourth-order valence-corrected chi connectivity index (χ4v) is 1.91. The molecule has 0 aromatic rings. The predicted octanol–water partition coefficient (Wildman–Crippen LogP) is -0.121. The summed E-state index contributed by atoms with van der Waals surface area (Å²) in [7, 11) is 1.67. The fourth-order valence-electron chi connectivity index (χ4n) is 1.91. The number of hydrogen-bond acceptors (Lipinski definition) is 3. The highest BCUT2D eigenvalue weighted by atomic mass is 16.5. The van der Waals surface area contributed by atoms with Gasteiger partial charge in [-0.3, -0.25) is 4.99 Å². The number of nitrogens with two attached hydrogens (primary N) is 1. The van der Waals surface area contributed by atoms with Crippen molar-refractivity contribution in [3.05, 3.63) is 0 Å². The summed E-state index contributed by atoms with van der Waals surface area (Å²) in [5.41, 5.74) is 5.73. The fraction of sp³-hybridized carbons (Fsp3) is 0.909. The lowest BCUT2D eigenvalue weighted by atomic mass is 10.1. The molecule has 1 fully saturated rings. The van der Waals surface area contributed by atoms with Crippen molar-refractivity contribution in [3.8, 4) is 0 Å². The van der Waals surface area contributed by atoms with E-state index in [1.165, 1.54) is 13.0 Å². The van der Waals surface area contributed by atoms with Gasteiger partial charge in [-0.05, 0) is 25.4 Å². The molecule has 1 atom stereocenters. The third-order valence-electron chi connectivity index (χ3n) is 2.95. The van der Waals surface area contributed by atoms with Gasteiger partial charge >= 0.3 is 0 Å². The summed E-state index contributed by atoms with van der Waals surface area (Å²) in [4.78, 5) is 6.80. The number of likely N-dealkylation sites (tertiary alicyclic amines) is 1. The molecule has 3 N–H and O–H groups in total. The lowest BCUT2D eigenvalue weighted by Gasteiger charge is -2.12. The van der Waals surface area contributed by atoms with Gasteiger partial charge in [0.05, 0.1) is 6.61 Å². The Bertz CT molecular complexity index is 220. The van der Waals surface area contributed by atoms with Crippen LogP contribution in [0.4, 0.5) is 0 Å². The molecule has 0 bridgehead atoms. The van der Waals surface area contributed by atoms with Crippen LogP contribution in [-0.2, 0) is 4.74 Å². The second-order valence-electron chi connectivity index (χ2n) is 4.19. The first kappa shape index (κ1) is 13.3. The van der Waals surface area contributed by atoms with Gasteiger partial charge in [0.2, 0.25) is 0 Å². The van der Waals surface area contributed by atoms with E-state index in [-0.39, 0.29) is 0 Å². The Morgan fingerprint density at radius 1 is 1.62 bits per heavy atom. The van der Waals surface area contributed by atoms with Crippen LogP contribution < -0.4 is 11.1 Å². The van der Waals surface area contributed by atoms with Gasteiger partial charge in [0.15, 0.2) is 5.96 Å².